The molecule has 4 rings (SSSR count). The Balaban J connectivity index is 1.59. The van der Waals surface area contributed by atoms with Gasteiger partial charge >= 0.3 is 0 Å². The van der Waals surface area contributed by atoms with Gasteiger partial charge in [0.2, 0.25) is 0 Å². The minimum absolute atomic E-state index is 0.0448. The van der Waals surface area contributed by atoms with E-state index >= 15 is 0 Å². The van der Waals surface area contributed by atoms with Crippen LogP contribution in [0.2, 0.25) is 0 Å². The molecule has 1 fully saturated rings. The summed E-state index contributed by atoms with van der Waals surface area (Å²) >= 11 is 0. The molecule has 0 aromatic heterocycles. The summed E-state index contributed by atoms with van der Waals surface area (Å²) in [5, 5.41) is 6.52. The summed E-state index contributed by atoms with van der Waals surface area (Å²) in [5.41, 5.74) is 2.87. The Hall–Kier alpha value is -2.86. The number of benzene rings is 2. The van der Waals surface area contributed by atoms with Crippen LogP contribution in [0.25, 0.3) is 0 Å². The topological polar surface area (TPSA) is 54.4 Å². The van der Waals surface area contributed by atoms with Crippen molar-refractivity contribution in [1.82, 2.24) is 9.91 Å². The van der Waals surface area contributed by atoms with Gasteiger partial charge in [0, 0.05) is 12.0 Å². The molecule has 2 aliphatic rings. The summed E-state index contributed by atoms with van der Waals surface area (Å²) < 4.78 is 11.2. The predicted molar refractivity (Wildman–Crippen MR) is 126 cm³/mol. The first-order valence-electron chi connectivity index (χ1n) is 11.6. The lowest BCUT2D eigenvalue weighted by Crippen LogP contribution is -2.41. The van der Waals surface area contributed by atoms with Gasteiger partial charge in [-0.1, -0.05) is 31.2 Å². The van der Waals surface area contributed by atoms with Gasteiger partial charge in [-0.15, -0.1) is 0 Å². The van der Waals surface area contributed by atoms with E-state index in [0.29, 0.717) is 19.6 Å². The average Bonchev–Trinajstić information content (AvgIpc) is 3.27. The van der Waals surface area contributed by atoms with Gasteiger partial charge in [0.15, 0.2) is 0 Å². The van der Waals surface area contributed by atoms with Gasteiger partial charge < -0.3 is 9.47 Å². The van der Waals surface area contributed by atoms with Crippen molar-refractivity contribution in [2.45, 2.75) is 39.2 Å². The second kappa shape index (κ2) is 10.2. The third kappa shape index (κ3) is 4.96. The average molecular weight is 436 g/mol. The number of methoxy groups -OCH3 is 1. The lowest BCUT2D eigenvalue weighted by Gasteiger charge is -2.31. The minimum atomic E-state index is -0.137. The number of likely N-dealkylation sites (tertiary alicyclic amines) is 1. The number of ether oxygens (including phenoxy) is 2. The van der Waals surface area contributed by atoms with E-state index in [1.165, 1.54) is 0 Å². The van der Waals surface area contributed by atoms with E-state index in [1.54, 1.807) is 12.1 Å². The van der Waals surface area contributed by atoms with E-state index in [-0.39, 0.29) is 11.9 Å². The van der Waals surface area contributed by atoms with Crippen molar-refractivity contribution in [3.05, 3.63) is 59.7 Å². The first kappa shape index (κ1) is 22.3. The second-order valence-electron chi connectivity index (χ2n) is 8.67. The van der Waals surface area contributed by atoms with Crippen molar-refractivity contribution < 1.29 is 14.3 Å². The van der Waals surface area contributed by atoms with Gasteiger partial charge in [0.25, 0.3) is 5.91 Å². The molecule has 0 aliphatic carbocycles. The molecule has 0 saturated carbocycles. The summed E-state index contributed by atoms with van der Waals surface area (Å²) in [4.78, 5) is 15.7. The maximum Gasteiger partial charge on any atom is 0.257 e. The number of para-hydroxylation sites is 1. The molecule has 0 N–H and O–H groups in total. The highest BCUT2D eigenvalue weighted by atomic mass is 16.5. The quantitative estimate of drug-likeness (QED) is 0.642. The molecular formula is C26H33N3O3. The van der Waals surface area contributed by atoms with Gasteiger partial charge in [-0.3, -0.25) is 9.69 Å². The number of piperidine rings is 1. The molecule has 2 aliphatic heterocycles. The van der Waals surface area contributed by atoms with Crippen LogP contribution >= 0.6 is 0 Å². The minimum Gasteiger partial charge on any atom is -0.496 e. The monoisotopic (exact) mass is 435 g/mol. The lowest BCUT2D eigenvalue weighted by molar-refractivity contribution is -0.134. The standard InChI is InChI=1S/C26H33N3O3/c1-4-32-21-11-9-20(10-12-21)24-17-23(22-7-5-6-8-25(22)31-3)27-29(24)26(30)18-28-15-13-19(2)14-16-28/h5-12,19,24H,4,13-18H2,1-3H3/t24-/m0/s1. The molecule has 0 bridgehead atoms. The number of amides is 1. The smallest absolute Gasteiger partial charge is 0.257 e. The van der Waals surface area contributed by atoms with E-state index < -0.39 is 0 Å². The van der Waals surface area contributed by atoms with Gasteiger partial charge in [0.1, 0.15) is 11.5 Å². The molecule has 1 saturated heterocycles. The van der Waals surface area contributed by atoms with E-state index in [9.17, 15) is 4.79 Å². The fourth-order valence-corrected chi connectivity index (χ4v) is 4.48. The van der Waals surface area contributed by atoms with E-state index in [2.05, 4.69) is 11.8 Å². The Labute approximate surface area is 190 Å². The molecule has 6 nitrogen and oxygen atoms in total. The molecule has 2 heterocycles. The molecular weight excluding hydrogens is 402 g/mol. The highest BCUT2D eigenvalue weighted by molar-refractivity contribution is 6.05. The van der Waals surface area contributed by atoms with Crippen molar-refractivity contribution in [2.24, 2.45) is 11.0 Å². The summed E-state index contributed by atoms with van der Waals surface area (Å²) in [6.45, 7) is 7.23. The fourth-order valence-electron chi connectivity index (χ4n) is 4.48. The van der Waals surface area contributed by atoms with Crippen molar-refractivity contribution in [3.8, 4) is 11.5 Å². The normalized spacial score (nSPS) is 19.7. The van der Waals surface area contributed by atoms with Crippen LogP contribution in [0.1, 0.15) is 50.3 Å². The Morgan fingerprint density at radius 2 is 1.81 bits per heavy atom. The summed E-state index contributed by atoms with van der Waals surface area (Å²) in [5.74, 6) is 2.39. The van der Waals surface area contributed by atoms with Crippen LogP contribution in [0.3, 0.4) is 0 Å². The summed E-state index contributed by atoms with van der Waals surface area (Å²) in [6, 6.07) is 15.7. The molecule has 0 spiro atoms. The van der Waals surface area contributed by atoms with Crippen LogP contribution in [0.4, 0.5) is 0 Å². The number of nitrogens with zero attached hydrogens (tertiary/aromatic N) is 3. The molecule has 0 radical (unpaired) electrons. The zero-order valence-corrected chi connectivity index (χ0v) is 19.3. The predicted octanol–water partition coefficient (Wildman–Crippen LogP) is 4.50. The molecule has 2 aromatic rings. The molecule has 1 amide bonds. The molecule has 32 heavy (non-hydrogen) atoms. The van der Waals surface area contributed by atoms with Crippen LogP contribution in [-0.2, 0) is 4.79 Å². The van der Waals surface area contributed by atoms with Crippen LogP contribution < -0.4 is 9.47 Å². The van der Waals surface area contributed by atoms with Gasteiger partial charge in [0.05, 0.1) is 32.0 Å². The molecule has 170 valence electrons. The van der Waals surface area contributed by atoms with Crippen molar-refractivity contribution >= 4 is 11.6 Å². The first-order valence-corrected chi connectivity index (χ1v) is 11.6. The van der Waals surface area contributed by atoms with Crippen molar-refractivity contribution in [3.63, 3.8) is 0 Å². The molecule has 0 unspecified atom stereocenters. The fraction of sp³-hybridized carbons (Fsp3) is 0.462. The number of carbonyl (C=O) groups is 1. The van der Waals surface area contributed by atoms with E-state index in [0.717, 1.165) is 60.2 Å². The van der Waals surface area contributed by atoms with Crippen LogP contribution in [0, 0.1) is 5.92 Å². The molecule has 6 heteroatoms. The SMILES string of the molecule is CCOc1ccc([C@@H]2CC(c3ccccc3OC)=NN2C(=O)CN2CCC(C)CC2)cc1. The van der Waals surface area contributed by atoms with Crippen LogP contribution in [-0.4, -0.2) is 54.9 Å². The first-order chi connectivity index (χ1) is 15.6. The summed E-state index contributed by atoms with van der Waals surface area (Å²) in [6.07, 6.45) is 2.94. The Morgan fingerprint density at radius 3 is 2.50 bits per heavy atom. The number of carbonyl (C=O) groups excluding carboxylic acids is 1. The Kier molecular flexibility index (Phi) is 7.10. The maximum atomic E-state index is 13.4. The maximum absolute atomic E-state index is 13.4. The van der Waals surface area contributed by atoms with Gasteiger partial charge in [-0.2, -0.15) is 5.10 Å². The Bertz CT molecular complexity index is 949. The van der Waals surface area contributed by atoms with Gasteiger partial charge in [-0.25, -0.2) is 5.01 Å². The number of hydrogen-bond acceptors (Lipinski definition) is 5. The van der Waals surface area contributed by atoms with Crippen molar-refractivity contribution in [1.29, 1.82) is 0 Å². The number of rotatable bonds is 7. The summed E-state index contributed by atoms with van der Waals surface area (Å²) in [7, 11) is 1.67. The Morgan fingerprint density at radius 1 is 1.09 bits per heavy atom. The van der Waals surface area contributed by atoms with E-state index in [4.69, 9.17) is 14.6 Å². The highest BCUT2D eigenvalue weighted by Crippen LogP contribution is 2.35. The zero-order valence-electron chi connectivity index (χ0n) is 19.3. The van der Waals surface area contributed by atoms with Crippen LogP contribution in [0.15, 0.2) is 53.6 Å². The molecule has 2 aromatic carbocycles. The number of hydrogen-bond donors (Lipinski definition) is 0. The van der Waals surface area contributed by atoms with E-state index in [1.807, 2.05) is 55.5 Å². The van der Waals surface area contributed by atoms with Crippen LogP contribution in [0.5, 0.6) is 11.5 Å². The number of hydrazone groups is 1. The van der Waals surface area contributed by atoms with Gasteiger partial charge in [-0.05, 0) is 68.6 Å². The third-order valence-electron chi connectivity index (χ3n) is 6.39. The third-order valence-corrected chi connectivity index (χ3v) is 6.39. The molecule has 1 atom stereocenters. The lowest BCUT2D eigenvalue weighted by atomic mass is 9.97. The largest absolute Gasteiger partial charge is 0.496 e. The second-order valence-corrected chi connectivity index (χ2v) is 8.67. The highest BCUT2D eigenvalue weighted by Gasteiger charge is 2.34. The zero-order chi connectivity index (χ0) is 22.5. The van der Waals surface area contributed by atoms with Crippen molar-refractivity contribution in [2.75, 3.05) is 33.4 Å².